The summed E-state index contributed by atoms with van der Waals surface area (Å²) in [4.78, 5) is 23.0. The Bertz CT molecular complexity index is 1770. The van der Waals surface area contributed by atoms with Gasteiger partial charge in [-0.25, -0.2) is 13.8 Å². The van der Waals surface area contributed by atoms with Gasteiger partial charge in [0.05, 0.1) is 23.9 Å². The highest BCUT2D eigenvalue weighted by Crippen LogP contribution is 2.31. The van der Waals surface area contributed by atoms with Crippen LogP contribution >= 0.6 is 23.2 Å². The normalized spacial score (nSPS) is 11.2. The number of nitro benzene ring substituents is 1. The van der Waals surface area contributed by atoms with E-state index in [1.54, 1.807) is 54.6 Å². The highest BCUT2D eigenvalue weighted by molar-refractivity contribution is 7.93. The Hall–Kier alpha value is -4.65. The minimum absolute atomic E-state index is 0.139. The van der Waals surface area contributed by atoms with Crippen LogP contribution in [0.1, 0.15) is 11.1 Å². The van der Waals surface area contributed by atoms with E-state index in [-0.39, 0.29) is 12.3 Å². The molecule has 11 nitrogen and oxygen atoms in total. The predicted octanol–water partition coefficient (Wildman–Crippen LogP) is 5.83. The number of sulfonamides is 1. The number of methoxy groups -OCH3 is 1. The maximum Gasteiger partial charge on any atom is 0.289 e. The van der Waals surface area contributed by atoms with Gasteiger partial charge in [0.1, 0.15) is 13.2 Å². The number of benzene rings is 4. The van der Waals surface area contributed by atoms with Crippen molar-refractivity contribution >= 4 is 56.7 Å². The second-order valence-corrected chi connectivity index (χ2v) is 11.5. The van der Waals surface area contributed by atoms with E-state index in [4.69, 9.17) is 32.7 Å². The van der Waals surface area contributed by atoms with Gasteiger partial charge in [0.15, 0.2) is 16.4 Å². The molecule has 0 spiro atoms. The molecule has 1 N–H and O–H groups in total. The molecule has 222 valence electrons. The number of nitrogens with one attached hydrogen (secondary N) is 1. The summed E-state index contributed by atoms with van der Waals surface area (Å²) >= 11 is 12.1. The molecule has 14 heteroatoms. The number of hydrogen-bond acceptors (Lipinski definition) is 8. The molecule has 0 aromatic heterocycles. The average molecular weight is 644 g/mol. The van der Waals surface area contributed by atoms with E-state index in [1.165, 1.54) is 37.6 Å². The number of carbonyl (C=O) groups is 1. The van der Waals surface area contributed by atoms with Gasteiger partial charge in [-0.2, -0.15) is 5.10 Å². The molecule has 4 rings (SSSR count). The lowest BCUT2D eigenvalue weighted by Crippen LogP contribution is -2.39. The first-order valence-electron chi connectivity index (χ1n) is 12.5. The number of anilines is 1. The first-order chi connectivity index (χ1) is 20.6. The molecule has 4 aromatic carbocycles. The van der Waals surface area contributed by atoms with Crippen molar-refractivity contribution in [1.29, 1.82) is 0 Å². The topological polar surface area (TPSA) is 140 Å². The summed E-state index contributed by atoms with van der Waals surface area (Å²) in [5.74, 6) is 0.0496. The third-order valence-electron chi connectivity index (χ3n) is 5.95. The lowest BCUT2D eigenvalue weighted by molar-refractivity contribution is -0.387. The molecular weight excluding hydrogens is 619 g/mol. The molecule has 0 fully saturated rings. The van der Waals surface area contributed by atoms with Crippen LogP contribution in [0.25, 0.3) is 0 Å². The van der Waals surface area contributed by atoms with E-state index in [2.05, 4.69) is 10.5 Å². The van der Waals surface area contributed by atoms with Crippen molar-refractivity contribution in [3.63, 3.8) is 0 Å². The van der Waals surface area contributed by atoms with Crippen molar-refractivity contribution in [2.24, 2.45) is 5.10 Å². The summed E-state index contributed by atoms with van der Waals surface area (Å²) in [6.07, 6.45) is 1.34. The molecule has 0 aliphatic heterocycles. The fourth-order valence-corrected chi connectivity index (χ4v) is 5.92. The van der Waals surface area contributed by atoms with Crippen molar-refractivity contribution in [2.75, 3.05) is 18.0 Å². The molecule has 0 atom stereocenters. The number of halogens is 2. The molecule has 43 heavy (non-hydrogen) atoms. The van der Waals surface area contributed by atoms with Crippen LogP contribution in [0.2, 0.25) is 10.0 Å². The van der Waals surface area contributed by atoms with Crippen LogP contribution in [0.3, 0.4) is 0 Å². The van der Waals surface area contributed by atoms with Gasteiger partial charge in [-0.05, 0) is 54.1 Å². The molecule has 0 saturated carbocycles. The van der Waals surface area contributed by atoms with Crippen LogP contribution in [-0.4, -0.2) is 39.1 Å². The number of nitro groups is 1. The molecule has 0 unspecified atom stereocenters. The Balaban J connectivity index is 1.48. The molecule has 4 aromatic rings. The number of nitrogens with zero attached hydrogens (tertiary/aromatic N) is 3. The maximum atomic E-state index is 13.5. The first kappa shape index (κ1) is 31.3. The van der Waals surface area contributed by atoms with Crippen LogP contribution in [0.5, 0.6) is 11.5 Å². The van der Waals surface area contributed by atoms with Gasteiger partial charge in [0, 0.05) is 21.7 Å². The van der Waals surface area contributed by atoms with Gasteiger partial charge in [-0.15, -0.1) is 0 Å². The minimum atomic E-state index is -4.51. The fraction of sp³-hybridized carbons (Fsp3) is 0.103. The largest absolute Gasteiger partial charge is 0.493 e. The van der Waals surface area contributed by atoms with Crippen molar-refractivity contribution in [3.8, 4) is 11.5 Å². The van der Waals surface area contributed by atoms with E-state index in [0.717, 1.165) is 22.0 Å². The van der Waals surface area contributed by atoms with E-state index < -0.39 is 38.0 Å². The molecular formula is C29H24Cl2N4O7S. The Morgan fingerprint density at radius 2 is 1.72 bits per heavy atom. The zero-order valence-corrected chi connectivity index (χ0v) is 24.8. The number of amides is 1. The SMILES string of the molecule is COc1cc(/C=N\NC(=O)CN(c2ccccc2)S(=O)(=O)c2ccccc2[N+](=O)[O-])ccc1OCc1ccc(Cl)cc1Cl. The lowest BCUT2D eigenvalue weighted by Gasteiger charge is -2.23. The molecule has 1 amide bonds. The van der Waals surface area contributed by atoms with Crippen LogP contribution in [0, 0.1) is 10.1 Å². The number of carbonyl (C=O) groups excluding carboxylic acids is 1. The maximum absolute atomic E-state index is 13.5. The summed E-state index contributed by atoms with van der Waals surface area (Å²) in [5, 5.41) is 16.4. The third kappa shape index (κ3) is 7.80. The molecule has 0 heterocycles. The number of hydrogen-bond donors (Lipinski definition) is 1. The highest BCUT2D eigenvalue weighted by atomic mass is 35.5. The molecule has 0 radical (unpaired) electrons. The second-order valence-electron chi connectivity index (χ2n) is 8.80. The standard InChI is InChI=1S/C29H24Cl2N4O7S/c1-41-27-15-20(11-14-26(27)42-19-21-12-13-22(30)16-24(21)31)17-32-33-29(36)18-34(23-7-3-2-4-8-23)43(39,40)28-10-6-5-9-25(28)35(37)38/h2-17H,18-19H2,1H3,(H,33,36)/b32-17-. The van der Waals surface area contributed by atoms with Crippen LogP contribution < -0.4 is 19.2 Å². The Labute approximate surface area is 257 Å². The molecule has 0 aliphatic rings. The quantitative estimate of drug-likeness (QED) is 0.116. The molecule has 0 bridgehead atoms. The summed E-state index contributed by atoms with van der Waals surface area (Å²) in [6, 6.07) is 22.7. The highest BCUT2D eigenvalue weighted by Gasteiger charge is 2.33. The number of para-hydroxylation sites is 2. The van der Waals surface area contributed by atoms with Gasteiger partial charge in [-0.1, -0.05) is 59.6 Å². The summed E-state index contributed by atoms with van der Waals surface area (Å²) in [7, 11) is -3.04. The number of hydrazone groups is 1. The van der Waals surface area contributed by atoms with E-state index in [9.17, 15) is 23.3 Å². The van der Waals surface area contributed by atoms with Gasteiger partial charge in [-0.3, -0.25) is 19.2 Å². The molecule has 0 aliphatic carbocycles. The van der Waals surface area contributed by atoms with Crippen LogP contribution in [0.15, 0.2) is 101 Å². The van der Waals surface area contributed by atoms with Crippen molar-refractivity contribution in [1.82, 2.24) is 5.43 Å². The van der Waals surface area contributed by atoms with Crippen molar-refractivity contribution in [3.05, 3.63) is 122 Å². The first-order valence-corrected chi connectivity index (χ1v) is 14.7. The Morgan fingerprint density at radius 1 is 1.00 bits per heavy atom. The monoisotopic (exact) mass is 642 g/mol. The Kier molecular flexibility index (Phi) is 10.2. The van der Waals surface area contributed by atoms with Gasteiger partial charge < -0.3 is 9.47 Å². The number of ether oxygens (including phenoxy) is 2. The Morgan fingerprint density at radius 3 is 2.42 bits per heavy atom. The summed E-state index contributed by atoms with van der Waals surface area (Å²) in [6.45, 7) is -0.526. The zero-order valence-electron chi connectivity index (χ0n) is 22.5. The van der Waals surface area contributed by atoms with E-state index in [1.807, 2.05) is 0 Å². The third-order valence-corrected chi connectivity index (χ3v) is 8.36. The van der Waals surface area contributed by atoms with Gasteiger partial charge >= 0.3 is 0 Å². The fourth-order valence-electron chi connectivity index (χ4n) is 3.88. The summed E-state index contributed by atoms with van der Waals surface area (Å²) in [5.41, 5.74) is 3.10. The van der Waals surface area contributed by atoms with Crippen LogP contribution in [-0.2, 0) is 21.4 Å². The average Bonchev–Trinajstić information content (AvgIpc) is 3.00. The smallest absolute Gasteiger partial charge is 0.289 e. The zero-order chi connectivity index (χ0) is 31.0. The van der Waals surface area contributed by atoms with Crippen LogP contribution in [0.4, 0.5) is 11.4 Å². The van der Waals surface area contributed by atoms with Crippen molar-refractivity contribution in [2.45, 2.75) is 11.5 Å². The predicted molar refractivity (Wildman–Crippen MR) is 164 cm³/mol. The second kappa shape index (κ2) is 14.0. The van der Waals surface area contributed by atoms with Crippen molar-refractivity contribution < 1.29 is 27.6 Å². The molecule has 0 saturated heterocycles. The van der Waals surface area contributed by atoms with E-state index >= 15 is 0 Å². The lowest BCUT2D eigenvalue weighted by atomic mass is 10.2. The minimum Gasteiger partial charge on any atom is -0.493 e. The van der Waals surface area contributed by atoms with E-state index in [0.29, 0.717) is 27.1 Å². The van der Waals surface area contributed by atoms with Gasteiger partial charge in [0.25, 0.3) is 21.6 Å². The number of rotatable bonds is 12. The summed E-state index contributed by atoms with van der Waals surface area (Å²) < 4.78 is 39.1. The van der Waals surface area contributed by atoms with Gasteiger partial charge in [0.2, 0.25) is 0 Å².